The lowest BCUT2D eigenvalue weighted by molar-refractivity contribution is 0.0505. The van der Waals surface area contributed by atoms with Crippen LogP contribution in [0, 0.1) is 11.3 Å². The first kappa shape index (κ1) is 18.3. The van der Waals surface area contributed by atoms with Crippen LogP contribution in [-0.2, 0) is 4.74 Å². The van der Waals surface area contributed by atoms with E-state index in [0.717, 1.165) is 0 Å². The number of pyridine rings is 2. The smallest absolute Gasteiger partial charge is 0.408 e. The zero-order valence-electron chi connectivity index (χ0n) is 15.6. The van der Waals surface area contributed by atoms with Crippen LogP contribution >= 0.6 is 0 Å². The third-order valence-corrected chi connectivity index (χ3v) is 3.67. The van der Waals surface area contributed by atoms with Crippen LogP contribution < -0.4 is 5.32 Å². The molecule has 1 N–H and O–H groups in total. The van der Waals surface area contributed by atoms with Gasteiger partial charge in [-0.2, -0.15) is 5.26 Å². The molecule has 0 aliphatic rings. The molecule has 3 aromatic rings. The highest BCUT2D eigenvalue weighted by Crippen LogP contribution is 2.23. The minimum atomic E-state index is -0.597. The molecule has 8 heteroatoms. The monoisotopic (exact) mass is 364 g/mol. The van der Waals surface area contributed by atoms with E-state index in [1.807, 2.05) is 19.1 Å². The van der Waals surface area contributed by atoms with Gasteiger partial charge in [0.25, 0.3) is 0 Å². The highest BCUT2D eigenvalue weighted by molar-refractivity contribution is 5.74. The molecule has 27 heavy (non-hydrogen) atoms. The van der Waals surface area contributed by atoms with Crippen molar-refractivity contribution in [3.63, 3.8) is 0 Å². The van der Waals surface area contributed by atoms with E-state index >= 15 is 0 Å². The summed E-state index contributed by atoms with van der Waals surface area (Å²) in [6, 6.07) is 8.62. The van der Waals surface area contributed by atoms with Crippen molar-refractivity contribution in [2.75, 3.05) is 0 Å². The number of nitriles is 1. The first-order valence-electron chi connectivity index (χ1n) is 8.48. The number of carbonyl (C=O) groups is 1. The highest BCUT2D eigenvalue weighted by atomic mass is 16.6. The molecule has 3 aromatic heterocycles. The Labute approximate surface area is 156 Å². The van der Waals surface area contributed by atoms with Crippen molar-refractivity contribution in [3.8, 4) is 11.9 Å². The van der Waals surface area contributed by atoms with E-state index in [-0.39, 0.29) is 0 Å². The van der Waals surface area contributed by atoms with Gasteiger partial charge in [-0.25, -0.2) is 19.7 Å². The normalized spacial score (nSPS) is 12.4. The van der Waals surface area contributed by atoms with Crippen LogP contribution in [0.3, 0.4) is 0 Å². The van der Waals surface area contributed by atoms with Crippen LogP contribution in [0.25, 0.3) is 17.0 Å². The van der Waals surface area contributed by atoms with E-state index in [0.29, 0.717) is 28.4 Å². The summed E-state index contributed by atoms with van der Waals surface area (Å²) in [5.41, 5.74) is 1.15. The maximum Gasteiger partial charge on any atom is 0.408 e. The van der Waals surface area contributed by atoms with E-state index in [2.05, 4.69) is 20.3 Å². The van der Waals surface area contributed by atoms with Gasteiger partial charge in [0, 0.05) is 12.4 Å². The largest absolute Gasteiger partial charge is 0.444 e. The number of nitrogens with zero attached hydrogens (tertiary/aromatic N) is 5. The van der Waals surface area contributed by atoms with Crippen molar-refractivity contribution < 1.29 is 9.53 Å². The van der Waals surface area contributed by atoms with Gasteiger partial charge in [0.1, 0.15) is 28.8 Å². The van der Waals surface area contributed by atoms with Gasteiger partial charge in [-0.15, -0.1) is 0 Å². The second kappa shape index (κ2) is 7.03. The number of carbonyl (C=O) groups excluding carboxylic acids is 1. The third-order valence-electron chi connectivity index (χ3n) is 3.67. The second-order valence-corrected chi connectivity index (χ2v) is 7.04. The lowest BCUT2D eigenvalue weighted by Crippen LogP contribution is -2.34. The number of aromatic nitrogens is 4. The molecule has 0 fully saturated rings. The van der Waals surface area contributed by atoms with Gasteiger partial charge in [0.05, 0.1) is 11.6 Å². The molecule has 0 aliphatic heterocycles. The third kappa shape index (κ3) is 4.03. The molecule has 0 aliphatic carbocycles. The van der Waals surface area contributed by atoms with Crippen molar-refractivity contribution in [1.82, 2.24) is 24.8 Å². The average Bonchev–Trinajstić information content (AvgIpc) is 3.00. The van der Waals surface area contributed by atoms with Crippen LogP contribution in [-0.4, -0.2) is 31.2 Å². The summed E-state index contributed by atoms with van der Waals surface area (Å²) in [4.78, 5) is 25.5. The number of amides is 1. The Morgan fingerprint density at radius 1 is 1.30 bits per heavy atom. The molecule has 3 heterocycles. The molecule has 0 saturated heterocycles. The van der Waals surface area contributed by atoms with Crippen molar-refractivity contribution >= 4 is 17.3 Å². The fourth-order valence-corrected chi connectivity index (χ4v) is 2.58. The number of hydrogen-bond donors (Lipinski definition) is 1. The summed E-state index contributed by atoms with van der Waals surface area (Å²) in [5.74, 6) is 1.12. The summed E-state index contributed by atoms with van der Waals surface area (Å²) in [7, 11) is 0. The first-order valence-corrected chi connectivity index (χ1v) is 8.48. The molecule has 0 spiro atoms. The Kier molecular flexibility index (Phi) is 4.77. The molecule has 8 nitrogen and oxygen atoms in total. The Morgan fingerprint density at radius 2 is 2.07 bits per heavy atom. The minimum Gasteiger partial charge on any atom is -0.444 e. The van der Waals surface area contributed by atoms with Crippen LogP contribution in [0.4, 0.5) is 4.79 Å². The topological polar surface area (TPSA) is 106 Å². The molecule has 138 valence electrons. The van der Waals surface area contributed by atoms with Gasteiger partial charge >= 0.3 is 6.09 Å². The van der Waals surface area contributed by atoms with Crippen molar-refractivity contribution in [2.45, 2.75) is 39.3 Å². The maximum atomic E-state index is 12.2. The van der Waals surface area contributed by atoms with Gasteiger partial charge < -0.3 is 10.1 Å². The van der Waals surface area contributed by atoms with E-state index in [1.165, 1.54) is 6.20 Å². The number of imidazole rings is 1. The molecule has 0 radical (unpaired) electrons. The molecular weight excluding hydrogens is 344 g/mol. The van der Waals surface area contributed by atoms with Crippen LogP contribution in [0.1, 0.15) is 45.1 Å². The maximum absolute atomic E-state index is 12.2. The zero-order valence-corrected chi connectivity index (χ0v) is 15.6. The lowest BCUT2D eigenvalue weighted by atomic mass is 10.2. The Bertz CT molecular complexity index is 1010. The summed E-state index contributed by atoms with van der Waals surface area (Å²) < 4.78 is 7.09. The van der Waals surface area contributed by atoms with Gasteiger partial charge in [-0.3, -0.25) is 4.57 Å². The van der Waals surface area contributed by atoms with Crippen molar-refractivity contribution in [1.29, 1.82) is 5.26 Å². The number of ether oxygens (including phenoxy) is 1. The van der Waals surface area contributed by atoms with Crippen molar-refractivity contribution in [2.24, 2.45) is 0 Å². The highest BCUT2D eigenvalue weighted by Gasteiger charge is 2.23. The molecule has 0 bridgehead atoms. The van der Waals surface area contributed by atoms with E-state index in [9.17, 15) is 4.79 Å². The summed E-state index contributed by atoms with van der Waals surface area (Å²) in [6.07, 6.45) is 2.62. The molecule has 0 aromatic carbocycles. The van der Waals surface area contributed by atoms with Gasteiger partial charge in [-0.05, 0) is 52.0 Å². The van der Waals surface area contributed by atoms with Crippen LogP contribution in [0.15, 0.2) is 36.7 Å². The molecule has 1 amide bonds. The van der Waals surface area contributed by atoms with Gasteiger partial charge in [-0.1, -0.05) is 0 Å². The Morgan fingerprint density at radius 3 is 2.70 bits per heavy atom. The molecule has 0 unspecified atom stereocenters. The predicted octanol–water partition coefficient (Wildman–Crippen LogP) is 3.27. The van der Waals surface area contributed by atoms with Crippen LogP contribution in [0.2, 0.25) is 0 Å². The summed E-state index contributed by atoms with van der Waals surface area (Å²) >= 11 is 0. The van der Waals surface area contributed by atoms with Crippen molar-refractivity contribution in [3.05, 3.63) is 48.0 Å². The van der Waals surface area contributed by atoms with Gasteiger partial charge in [0.15, 0.2) is 5.65 Å². The standard InChI is InChI=1S/C19H20N6O2/c1-12(23-18(26)27-19(2,3)4)16-24-14-6-5-9-21-17(14)25(16)15-8-7-13(10-20)11-22-15/h5-9,11-12H,1-4H3,(H,23,26)/t12-/m0/s1. The molecular formula is C19H20N6O2. The van der Waals surface area contributed by atoms with E-state index in [1.54, 1.807) is 49.7 Å². The summed E-state index contributed by atoms with van der Waals surface area (Å²) in [6.45, 7) is 7.22. The molecule has 0 saturated carbocycles. The average molecular weight is 364 g/mol. The second-order valence-electron chi connectivity index (χ2n) is 7.04. The SMILES string of the molecule is C[C@H](NC(=O)OC(C)(C)C)c1nc2cccnc2n1-c1ccc(C#N)cn1. The van der Waals surface area contributed by atoms with E-state index in [4.69, 9.17) is 10.00 Å². The quantitative estimate of drug-likeness (QED) is 0.764. The number of hydrogen-bond acceptors (Lipinski definition) is 6. The van der Waals surface area contributed by atoms with Gasteiger partial charge in [0.2, 0.25) is 0 Å². The van der Waals surface area contributed by atoms with Crippen LogP contribution in [0.5, 0.6) is 0 Å². The summed E-state index contributed by atoms with van der Waals surface area (Å²) in [5, 5.41) is 11.8. The van der Waals surface area contributed by atoms with E-state index < -0.39 is 17.7 Å². The fraction of sp³-hybridized carbons (Fsp3) is 0.316. The fourth-order valence-electron chi connectivity index (χ4n) is 2.58. The molecule has 1 atom stereocenters. The number of nitrogens with one attached hydrogen (secondary N) is 1. The Balaban J connectivity index is 2.02. The Hall–Kier alpha value is -3.47. The first-order chi connectivity index (χ1) is 12.8. The zero-order chi connectivity index (χ0) is 19.6. The lowest BCUT2D eigenvalue weighted by Gasteiger charge is -2.22. The number of alkyl carbamates (subject to hydrolysis) is 1. The predicted molar refractivity (Wildman–Crippen MR) is 99.2 cm³/mol. The minimum absolute atomic E-state index is 0.452. The number of fused-ring (bicyclic) bond motifs is 1. The molecule has 3 rings (SSSR count). The number of rotatable bonds is 3.